The molecule has 0 spiro atoms. The number of hydrogen-bond donors (Lipinski definition) is 0. The highest BCUT2D eigenvalue weighted by Gasteiger charge is 2.28. The molecule has 4 heterocycles. The molecule has 1 aliphatic rings. The quantitative estimate of drug-likeness (QED) is 0.601. The van der Waals surface area contributed by atoms with E-state index in [1.54, 1.807) is 28.9 Å². The van der Waals surface area contributed by atoms with Gasteiger partial charge in [0.15, 0.2) is 0 Å². The van der Waals surface area contributed by atoms with Crippen molar-refractivity contribution in [2.75, 3.05) is 24.6 Å². The zero-order chi connectivity index (χ0) is 18.6. The molecular formula is C19H20N4O2S2. The van der Waals surface area contributed by atoms with Crippen LogP contribution >= 0.6 is 22.7 Å². The number of carbonyl (C=O) groups excluding carboxylic acids is 1. The van der Waals surface area contributed by atoms with E-state index in [1.807, 2.05) is 23.9 Å². The first-order chi connectivity index (χ1) is 13.3. The van der Waals surface area contributed by atoms with E-state index in [0.29, 0.717) is 19.1 Å². The van der Waals surface area contributed by atoms with E-state index in [0.717, 1.165) is 41.2 Å². The van der Waals surface area contributed by atoms with Gasteiger partial charge in [0.1, 0.15) is 10.7 Å². The molecule has 8 heteroatoms. The minimum Gasteiger partial charge on any atom is -0.466 e. The van der Waals surface area contributed by atoms with Gasteiger partial charge in [-0.15, -0.1) is 11.3 Å². The van der Waals surface area contributed by atoms with Gasteiger partial charge in [0, 0.05) is 36.4 Å². The van der Waals surface area contributed by atoms with Gasteiger partial charge in [0.05, 0.1) is 12.5 Å². The van der Waals surface area contributed by atoms with Crippen molar-refractivity contribution in [2.45, 2.75) is 19.8 Å². The van der Waals surface area contributed by atoms with Crippen molar-refractivity contribution in [2.24, 2.45) is 5.92 Å². The number of piperidine rings is 1. The van der Waals surface area contributed by atoms with Crippen LogP contribution in [-0.2, 0) is 9.53 Å². The summed E-state index contributed by atoms with van der Waals surface area (Å²) in [5, 5.41) is 6.96. The second-order valence-corrected chi connectivity index (χ2v) is 7.99. The third-order valence-electron chi connectivity index (χ3n) is 4.57. The summed E-state index contributed by atoms with van der Waals surface area (Å²) in [4.78, 5) is 28.1. The van der Waals surface area contributed by atoms with E-state index in [4.69, 9.17) is 9.72 Å². The number of rotatable bonds is 5. The lowest BCUT2D eigenvalue weighted by molar-refractivity contribution is -0.148. The molecule has 1 fully saturated rings. The predicted octanol–water partition coefficient (Wildman–Crippen LogP) is 4.11. The molecule has 4 rings (SSSR count). The summed E-state index contributed by atoms with van der Waals surface area (Å²) in [6.45, 7) is 3.68. The molecule has 0 unspecified atom stereocenters. The SMILES string of the molecule is CCOC(=O)[C@@H]1CCCN(c2ncc(-c3ccsc3)c(-c3nccs3)n2)C1. The normalized spacial score (nSPS) is 17.1. The topological polar surface area (TPSA) is 68.2 Å². The minimum atomic E-state index is -0.128. The molecule has 3 aromatic heterocycles. The number of ether oxygens (including phenoxy) is 1. The molecule has 1 atom stereocenters. The van der Waals surface area contributed by atoms with Crippen molar-refractivity contribution in [3.63, 3.8) is 0 Å². The van der Waals surface area contributed by atoms with E-state index >= 15 is 0 Å². The summed E-state index contributed by atoms with van der Waals surface area (Å²) in [5.74, 6) is 0.396. The van der Waals surface area contributed by atoms with Crippen LogP contribution in [0.25, 0.3) is 21.8 Å². The Hall–Kier alpha value is -2.32. The van der Waals surface area contributed by atoms with Crippen LogP contribution in [0.3, 0.4) is 0 Å². The highest BCUT2D eigenvalue weighted by atomic mass is 32.1. The van der Waals surface area contributed by atoms with Crippen molar-refractivity contribution >= 4 is 34.6 Å². The van der Waals surface area contributed by atoms with Crippen molar-refractivity contribution in [3.8, 4) is 21.8 Å². The molecular weight excluding hydrogens is 380 g/mol. The molecule has 3 aromatic rings. The van der Waals surface area contributed by atoms with Crippen LogP contribution in [0, 0.1) is 5.92 Å². The van der Waals surface area contributed by atoms with Crippen LogP contribution in [0.15, 0.2) is 34.6 Å². The van der Waals surface area contributed by atoms with E-state index < -0.39 is 0 Å². The molecule has 6 nitrogen and oxygen atoms in total. The van der Waals surface area contributed by atoms with Crippen LogP contribution in [0.5, 0.6) is 0 Å². The Morgan fingerprint density at radius 1 is 1.37 bits per heavy atom. The van der Waals surface area contributed by atoms with Gasteiger partial charge in [-0.1, -0.05) is 0 Å². The second kappa shape index (κ2) is 8.14. The van der Waals surface area contributed by atoms with Gasteiger partial charge in [0.2, 0.25) is 5.95 Å². The monoisotopic (exact) mass is 400 g/mol. The Kier molecular flexibility index (Phi) is 5.45. The fraction of sp³-hybridized carbons (Fsp3) is 0.368. The molecule has 1 saturated heterocycles. The predicted molar refractivity (Wildman–Crippen MR) is 108 cm³/mol. The molecule has 1 aliphatic heterocycles. The molecule has 0 aromatic carbocycles. The Morgan fingerprint density at radius 3 is 3.04 bits per heavy atom. The van der Waals surface area contributed by atoms with Gasteiger partial charge in [0.25, 0.3) is 0 Å². The van der Waals surface area contributed by atoms with E-state index in [-0.39, 0.29) is 11.9 Å². The zero-order valence-electron chi connectivity index (χ0n) is 15.0. The first-order valence-electron chi connectivity index (χ1n) is 8.97. The molecule has 27 heavy (non-hydrogen) atoms. The number of aromatic nitrogens is 3. The maximum atomic E-state index is 12.1. The van der Waals surface area contributed by atoms with Crippen LogP contribution in [0.1, 0.15) is 19.8 Å². The van der Waals surface area contributed by atoms with E-state index in [2.05, 4.69) is 26.3 Å². The maximum absolute atomic E-state index is 12.1. The first kappa shape index (κ1) is 18.1. The average Bonchev–Trinajstić information content (AvgIpc) is 3.42. The Bertz CT molecular complexity index is 897. The van der Waals surface area contributed by atoms with Gasteiger partial charge in [-0.3, -0.25) is 4.79 Å². The van der Waals surface area contributed by atoms with E-state index in [9.17, 15) is 4.79 Å². The molecule has 0 N–H and O–H groups in total. The lowest BCUT2D eigenvalue weighted by atomic mass is 9.98. The summed E-state index contributed by atoms with van der Waals surface area (Å²) in [7, 11) is 0. The minimum absolute atomic E-state index is 0.123. The van der Waals surface area contributed by atoms with Gasteiger partial charge in [-0.05, 0) is 42.2 Å². The van der Waals surface area contributed by atoms with Gasteiger partial charge >= 0.3 is 5.97 Å². The summed E-state index contributed by atoms with van der Waals surface area (Å²) >= 11 is 3.21. The van der Waals surface area contributed by atoms with Gasteiger partial charge < -0.3 is 9.64 Å². The number of carbonyl (C=O) groups is 1. The van der Waals surface area contributed by atoms with Crippen molar-refractivity contribution < 1.29 is 9.53 Å². The molecule has 0 radical (unpaired) electrons. The average molecular weight is 401 g/mol. The lowest BCUT2D eigenvalue weighted by Gasteiger charge is -2.31. The van der Waals surface area contributed by atoms with Crippen molar-refractivity contribution in [3.05, 3.63) is 34.6 Å². The highest BCUT2D eigenvalue weighted by molar-refractivity contribution is 7.13. The maximum Gasteiger partial charge on any atom is 0.310 e. The van der Waals surface area contributed by atoms with E-state index in [1.165, 1.54) is 0 Å². The fourth-order valence-corrected chi connectivity index (χ4v) is 4.56. The summed E-state index contributed by atoms with van der Waals surface area (Å²) < 4.78 is 5.20. The lowest BCUT2D eigenvalue weighted by Crippen LogP contribution is -2.40. The van der Waals surface area contributed by atoms with Gasteiger partial charge in [-0.25, -0.2) is 15.0 Å². The largest absolute Gasteiger partial charge is 0.466 e. The number of nitrogens with zero attached hydrogens (tertiary/aromatic N) is 4. The van der Waals surface area contributed by atoms with Gasteiger partial charge in [-0.2, -0.15) is 11.3 Å². The zero-order valence-corrected chi connectivity index (χ0v) is 16.6. The third kappa shape index (κ3) is 3.86. The summed E-state index contributed by atoms with van der Waals surface area (Å²) in [6.07, 6.45) is 5.43. The molecule has 0 aliphatic carbocycles. The second-order valence-electron chi connectivity index (χ2n) is 6.32. The molecule has 0 bridgehead atoms. The van der Waals surface area contributed by atoms with Crippen molar-refractivity contribution in [1.29, 1.82) is 0 Å². The highest BCUT2D eigenvalue weighted by Crippen LogP contribution is 2.34. The number of thiophene rings is 1. The Labute approximate surface area is 165 Å². The molecule has 0 saturated carbocycles. The smallest absolute Gasteiger partial charge is 0.310 e. The van der Waals surface area contributed by atoms with Crippen molar-refractivity contribution in [1.82, 2.24) is 15.0 Å². The van der Waals surface area contributed by atoms with Crippen LogP contribution < -0.4 is 4.90 Å². The molecule has 140 valence electrons. The first-order valence-corrected chi connectivity index (χ1v) is 10.8. The third-order valence-corrected chi connectivity index (χ3v) is 6.03. The number of hydrogen-bond acceptors (Lipinski definition) is 8. The Morgan fingerprint density at radius 2 is 2.30 bits per heavy atom. The fourth-order valence-electron chi connectivity index (χ4n) is 3.27. The summed E-state index contributed by atoms with van der Waals surface area (Å²) in [6, 6.07) is 2.07. The number of anilines is 1. The standard InChI is InChI=1S/C19H20N4O2S2/c1-2-25-18(24)13-4-3-7-23(11-13)19-21-10-15(14-5-8-26-12-14)16(22-19)17-20-6-9-27-17/h5-6,8-10,12-13H,2-4,7,11H2,1H3/t13-/m1/s1. The number of esters is 1. The number of thiazole rings is 1. The van der Waals surface area contributed by atoms with Crippen LogP contribution in [0.2, 0.25) is 0 Å². The Balaban J connectivity index is 1.66. The molecule has 0 amide bonds. The summed E-state index contributed by atoms with van der Waals surface area (Å²) in [5.41, 5.74) is 2.92. The van der Waals surface area contributed by atoms with Crippen LogP contribution in [-0.4, -0.2) is 40.6 Å². The van der Waals surface area contributed by atoms with Crippen LogP contribution in [0.4, 0.5) is 5.95 Å².